The van der Waals surface area contributed by atoms with Gasteiger partial charge >= 0.3 is 54.9 Å². The molecule has 0 rings (SSSR count). The Kier molecular flexibility index (Phi) is 11.8. The van der Waals surface area contributed by atoms with Crippen molar-refractivity contribution in [2.75, 3.05) is 6.61 Å². The second kappa shape index (κ2) is 8.00. The summed E-state index contributed by atoms with van der Waals surface area (Å²) in [4.78, 5) is 9.65. The third-order valence-electron chi connectivity index (χ3n) is 0.549. The van der Waals surface area contributed by atoms with Gasteiger partial charge in [-0.15, -0.1) is 0 Å². The number of carboxylic acids is 1. The Morgan fingerprint density at radius 2 is 2.12 bits per heavy atom. The van der Waals surface area contributed by atoms with E-state index in [1.165, 1.54) is 0 Å². The zero-order valence-corrected chi connectivity index (χ0v) is 9.07. The van der Waals surface area contributed by atoms with E-state index in [1.807, 2.05) is 0 Å². The molecule has 0 bridgehead atoms. The number of aliphatic hydroxyl groups is 1. The molecule has 0 aromatic rings. The van der Waals surface area contributed by atoms with Crippen molar-refractivity contribution in [1.29, 1.82) is 0 Å². The predicted molar refractivity (Wildman–Crippen MR) is 31.9 cm³/mol. The summed E-state index contributed by atoms with van der Waals surface area (Å²) in [6.07, 6.45) is 0.422. The molecule has 8 heavy (non-hydrogen) atoms. The van der Waals surface area contributed by atoms with Crippen LogP contribution in [0.15, 0.2) is 0 Å². The Morgan fingerprint density at radius 1 is 1.62 bits per heavy atom. The fourth-order valence-corrected chi connectivity index (χ4v) is 0.230. The van der Waals surface area contributed by atoms with Crippen LogP contribution in [-0.2, 0) is 4.79 Å². The number of hydrogen-bond donors (Lipinski definition) is 2. The van der Waals surface area contributed by atoms with Crippen LogP contribution in [-0.4, -0.2) is 71.7 Å². The van der Waals surface area contributed by atoms with Crippen molar-refractivity contribution in [3.05, 3.63) is 0 Å². The Labute approximate surface area is 91.1 Å². The maximum absolute atomic E-state index is 9.65. The van der Waals surface area contributed by atoms with Gasteiger partial charge < -0.3 is 13.1 Å². The van der Waals surface area contributed by atoms with Crippen molar-refractivity contribution in [2.45, 2.75) is 12.8 Å². The molecule has 0 aliphatic rings. The minimum absolute atomic E-state index is 0. The first-order valence-electron chi connectivity index (χ1n) is 2.10. The second-order valence-electron chi connectivity index (χ2n) is 1.22. The topological polar surface area (TPSA) is 57.5 Å². The van der Waals surface area contributed by atoms with E-state index in [2.05, 4.69) is 0 Å². The largest absolute Gasteiger partial charge is 2.00 e. The minimum atomic E-state index is -0.853. The number of carbonyl (C=O) groups is 1. The zero-order chi connectivity index (χ0) is 5.70. The molecular weight excluding hydrogens is 233 g/mol. The van der Waals surface area contributed by atoms with Gasteiger partial charge in [0.2, 0.25) is 0 Å². The van der Waals surface area contributed by atoms with Crippen LogP contribution in [0.2, 0.25) is 0 Å². The first kappa shape index (κ1) is 11.8. The molecule has 0 radical (unpaired) electrons. The van der Waals surface area contributed by atoms with Gasteiger partial charge in [-0.2, -0.15) is 0 Å². The van der Waals surface area contributed by atoms with Crippen molar-refractivity contribution in [3.63, 3.8) is 0 Å². The van der Waals surface area contributed by atoms with E-state index >= 15 is 0 Å². The summed E-state index contributed by atoms with van der Waals surface area (Å²) in [6, 6.07) is 0. The van der Waals surface area contributed by atoms with E-state index in [9.17, 15) is 4.79 Å². The molecule has 0 aromatic heterocycles. The molecule has 0 atom stereocenters. The van der Waals surface area contributed by atoms with Crippen LogP contribution in [0.4, 0.5) is 0 Å². The number of carboxylic acid groups (broad SMARTS) is 1. The second-order valence-corrected chi connectivity index (χ2v) is 1.22. The minimum Gasteiger partial charge on any atom is -1.00 e. The smallest absolute Gasteiger partial charge is 1.00 e. The van der Waals surface area contributed by atoms with Gasteiger partial charge in [0.05, 0.1) is 0 Å². The number of rotatable bonds is 3. The Balaban J connectivity index is -0.0000000600. The molecule has 0 aromatic carbocycles. The molecule has 0 aliphatic carbocycles. The van der Waals surface area contributed by atoms with Gasteiger partial charge in [-0.3, -0.25) is 4.79 Å². The third kappa shape index (κ3) is 10.1. The predicted octanol–water partition coefficient (Wildman–Crippen LogP) is -0.312. The summed E-state index contributed by atoms with van der Waals surface area (Å²) < 4.78 is 0. The number of aliphatic hydroxyl groups excluding tert-OH is 1. The van der Waals surface area contributed by atoms with Crippen LogP contribution >= 0.6 is 0 Å². The monoisotopic (exact) mass is 244 g/mol. The van der Waals surface area contributed by atoms with E-state index in [-0.39, 0.29) is 64.8 Å². The molecule has 0 spiro atoms. The Bertz CT molecular complexity index is 71.5. The zero-order valence-electron chi connectivity index (χ0n) is 6.63. The van der Waals surface area contributed by atoms with E-state index in [1.54, 1.807) is 0 Å². The van der Waals surface area contributed by atoms with Crippen molar-refractivity contribution >= 4 is 54.9 Å². The molecule has 0 saturated carbocycles. The van der Waals surface area contributed by atoms with Crippen molar-refractivity contribution < 1.29 is 17.9 Å². The number of hydrogen-bond acceptors (Lipinski definition) is 2. The van der Waals surface area contributed by atoms with Gasteiger partial charge in [-0.25, -0.2) is 0 Å². The molecule has 4 heteroatoms. The molecule has 3 nitrogen and oxygen atoms in total. The summed E-state index contributed by atoms with van der Waals surface area (Å²) in [6.45, 7) is -0.0354. The van der Waals surface area contributed by atoms with Crippen molar-refractivity contribution in [2.24, 2.45) is 0 Å². The molecule has 0 amide bonds. The SMILES string of the molecule is O=C(O)CCCO.[Ba+2].[H-].[H-]. The maximum atomic E-state index is 9.65. The first-order chi connectivity index (χ1) is 3.27. The van der Waals surface area contributed by atoms with E-state index in [0.29, 0.717) is 6.42 Å². The molecule has 0 heterocycles. The quantitative estimate of drug-likeness (QED) is 0.669. The van der Waals surface area contributed by atoms with Crippen LogP contribution in [0.5, 0.6) is 0 Å². The van der Waals surface area contributed by atoms with Crippen LogP contribution < -0.4 is 0 Å². The van der Waals surface area contributed by atoms with Gasteiger partial charge in [0.1, 0.15) is 0 Å². The fourth-order valence-electron chi connectivity index (χ4n) is 0.230. The Morgan fingerprint density at radius 3 is 2.25 bits per heavy atom. The molecule has 46 valence electrons. The summed E-state index contributed by atoms with van der Waals surface area (Å²) in [5, 5.41) is 16.0. The molecule has 0 fully saturated rings. The summed E-state index contributed by atoms with van der Waals surface area (Å²) in [5.74, 6) is -0.853. The molecule has 2 N–H and O–H groups in total. The third-order valence-corrected chi connectivity index (χ3v) is 0.549. The van der Waals surface area contributed by atoms with Crippen LogP contribution in [0.3, 0.4) is 0 Å². The summed E-state index contributed by atoms with van der Waals surface area (Å²) >= 11 is 0. The van der Waals surface area contributed by atoms with Crippen LogP contribution in [0.1, 0.15) is 15.7 Å². The fraction of sp³-hybridized carbons (Fsp3) is 0.750. The van der Waals surface area contributed by atoms with Gasteiger partial charge in [0.15, 0.2) is 0 Å². The van der Waals surface area contributed by atoms with E-state index in [0.717, 1.165) is 0 Å². The van der Waals surface area contributed by atoms with Gasteiger partial charge in [0, 0.05) is 13.0 Å². The van der Waals surface area contributed by atoms with Crippen molar-refractivity contribution in [3.8, 4) is 0 Å². The summed E-state index contributed by atoms with van der Waals surface area (Å²) in [7, 11) is 0. The van der Waals surface area contributed by atoms with E-state index < -0.39 is 5.97 Å². The van der Waals surface area contributed by atoms with Crippen molar-refractivity contribution in [1.82, 2.24) is 0 Å². The normalized spacial score (nSPS) is 7.62. The summed E-state index contributed by atoms with van der Waals surface area (Å²) in [5.41, 5.74) is 0. The van der Waals surface area contributed by atoms with Gasteiger partial charge in [-0.1, -0.05) is 0 Å². The van der Waals surface area contributed by atoms with Crippen LogP contribution in [0, 0.1) is 0 Å². The maximum Gasteiger partial charge on any atom is 2.00 e. The van der Waals surface area contributed by atoms with Gasteiger partial charge in [0.25, 0.3) is 0 Å². The Hall–Kier alpha value is 1.00. The number of aliphatic carboxylic acids is 1. The van der Waals surface area contributed by atoms with Gasteiger partial charge in [-0.05, 0) is 6.42 Å². The molecular formula is C4H10BaO3. The van der Waals surface area contributed by atoms with E-state index in [4.69, 9.17) is 10.2 Å². The molecule has 0 unspecified atom stereocenters. The average Bonchev–Trinajstić information content (AvgIpc) is 1.61. The van der Waals surface area contributed by atoms with Crippen LogP contribution in [0.25, 0.3) is 0 Å². The first-order valence-corrected chi connectivity index (χ1v) is 2.10. The standard InChI is InChI=1S/C4H8O3.Ba.2H/c5-3-1-2-4(6)7;;;/h5H,1-3H2,(H,6,7);;;/q;+2;2*-1. The molecule has 0 saturated heterocycles. The average molecular weight is 243 g/mol. The molecule has 0 aliphatic heterocycles.